The smallest absolute Gasteiger partial charge is 0.243 e. The molecule has 2 aliphatic rings. The van der Waals surface area contributed by atoms with Crippen molar-refractivity contribution in [1.82, 2.24) is 19.7 Å². The molecule has 1 amide bonds. The summed E-state index contributed by atoms with van der Waals surface area (Å²) in [5.41, 5.74) is 2.47. The molecule has 2 aromatic heterocycles. The van der Waals surface area contributed by atoms with E-state index in [2.05, 4.69) is 21.9 Å². The maximum atomic E-state index is 11.9. The van der Waals surface area contributed by atoms with Gasteiger partial charge in [-0.05, 0) is 31.7 Å². The molecule has 2 fully saturated rings. The van der Waals surface area contributed by atoms with E-state index in [4.69, 9.17) is 4.74 Å². The summed E-state index contributed by atoms with van der Waals surface area (Å²) in [5, 5.41) is 4.29. The van der Waals surface area contributed by atoms with Crippen molar-refractivity contribution in [3.8, 4) is 28.8 Å². The van der Waals surface area contributed by atoms with Gasteiger partial charge in [0.15, 0.2) is 0 Å². The zero-order valence-electron chi connectivity index (χ0n) is 15.1. The van der Waals surface area contributed by atoms with E-state index in [1.165, 1.54) is 12.8 Å². The van der Waals surface area contributed by atoms with Crippen LogP contribution in [0.25, 0.3) is 11.3 Å². The Morgan fingerprint density at radius 1 is 1.31 bits per heavy atom. The standard InChI is InChI=1S/C20H22N4O2/c1-23(2)19(25)13-24-12-16(11-22-24)20-18(26-17-7-8-17)9-15(10-21-20)6-5-14-3-4-14/h9-12,14,17H,3-4,7-8,13H2,1-2H3. The summed E-state index contributed by atoms with van der Waals surface area (Å²) in [6.45, 7) is 0.205. The molecule has 0 unspecified atom stereocenters. The molecule has 26 heavy (non-hydrogen) atoms. The molecular weight excluding hydrogens is 328 g/mol. The molecule has 134 valence electrons. The van der Waals surface area contributed by atoms with E-state index in [1.54, 1.807) is 36.1 Å². The van der Waals surface area contributed by atoms with Crippen molar-refractivity contribution in [3.63, 3.8) is 0 Å². The predicted octanol–water partition coefficient (Wildman–Crippen LogP) is 2.34. The minimum atomic E-state index is -0.00670. The maximum absolute atomic E-state index is 11.9. The first-order valence-electron chi connectivity index (χ1n) is 9.00. The maximum Gasteiger partial charge on any atom is 0.243 e. The first-order chi connectivity index (χ1) is 12.6. The van der Waals surface area contributed by atoms with Crippen LogP contribution < -0.4 is 4.74 Å². The van der Waals surface area contributed by atoms with Gasteiger partial charge in [-0.15, -0.1) is 0 Å². The van der Waals surface area contributed by atoms with Gasteiger partial charge in [-0.1, -0.05) is 11.8 Å². The molecule has 0 atom stereocenters. The average Bonchev–Trinajstić information content (AvgIpc) is 3.54. The number of amides is 1. The number of ether oxygens (including phenoxy) is 1. The molecule has 0 radical (unpaired) electrons. The van der Waals surface area contributed by atoms with E-state index in [9.17, 15) is 4.79 Å². The summed E-state index contributed by atoms with van der Waals surface area (Å²) in [5.74, 6) is 7.75. The van der Waals surface area contributed by atoms with E-state index in [0.717, 1.165) is 35.4 Å². The van der Waals surface area contributed by atoms with Crippen LogP contribution in [0.15, 0.2) is 24.7 Å². The van der Waals surface area contributed by atoms with Crippen LogP contribution in [-0.2, 0) is 11.3 Å². The van der Waals surface area contributed by atoms with E-state index in [1.807, 2.05) is 12.3 Å². The highest BCUT2D eigenvalue weighted by molar-refractivity contribution is 5.75. The van der Waals surface area contributed by atoms with Crippen LogP contribution in [0.4, 0.5) is 0 Å². The molecule has 0 saturated heterocycles. The number of likely N-dealkylation sites (N-methyl/N-ethyl adjacent to an activating group) is 1. The number of rotatable bonds is 5. The van der Waals surface area contributed by atoms with E-state index in [0.29, 0.717) is 5.92 Å². The van der Waals surface area contributed by atoms with Gasteiger partial charge in [0.2, 0.25) is 5.91 Å². The lowest BCUT2D eigenvalue weighted by Gasteiger charge is -2.10. The Bertz CT molecular complexity index is 883. The molecular formula is C20H22N4O2. The minimum absolute atomic E-state index is 0.00670. The summed E-state index contributed by atoms with van der Waals surface area (Å²) < 4.78 is 7.69. The molecule has 2 saturated carbocycles. The Balaban J connectivity index is 1.59. The molecule has 0 spiro atoms. The summed E-state index contributed by atoms with van der Waals surface area (Å²) in [4.78, 5) is 18.0. The fraction of sp³-hybridized carbons (Fsp3) is 0.450. The van der Waals surface area contributed by atoms with Gasteiger partial charge in [-0.25, -0.2) is 0 Å². The summed E-state index contributed by atoms with van der Waals surface area (Å²) >= 11 is 0. The van der Waals surface area contributed by atoms with Crippen LogP contribution in [0.2, 0.25) is 0 Å². The van der Waals surface area contributed by atoms with Crippen LogP contribution in [-0.4, -0.2) is 45.8 Å². The van der Waals surface area contributed by atoms with Crippen molar-refractivity contribution >= 4 is 5.91 Å². The highest BCUT2D eigenvalue weighted by Crippen LogP contribution is 2.34. The quantitative estimate of drug-likeness (QED) is 0.777. The van der Waals surface area contributed by atoms with Gasteiger partial charge in [0.1, 0.15) is 18.0 Å². The largest absolute Gasteiger partial charge is 0.488 e. The number of hydrogen-bond acceptors (Lipinski definition) is 4. The summed E-state index contributed by atoms with van der Waals surface area (Å²) in [6, 6.07) is 1.97. The van der Waals surface area contributed by atoms with Crippen LogP contribution in [0.1, 0.15) is 31.2 Å². The van der Waals surface area contributed by atoms with Crippen molar-refractivity contribution in [2.24, 2.45) is 5.92 Å². The lowest BCUT2D eigenvalue weighted by molar-refractivity contribution is -0.129. The highest BCUT2D eigenvalue weighted by atomic mass is 16.5. The van der Waals surface area contributed by atoms with E-state index < -0.39 is 0 Å². The normalized spacial score (nSPS) is 15.9. The highest BCUT2D eigenvalue weighted by Gasteiger charge is 2.26. The van der Waals surface area contributed by atoms with Gasteiger partial charge < -0.3 is 9.64 Å². The Morgan fingerprint density at radius 3 is 2.81 bits per heavy atom. The lowest BCUT2D eigenvalue weighted by atomic mass is 10.1. The molecule has 2 heterocycles. The number of hydrogen-bond donors (Lipinski definition) is 0. The second kappa shape index (κ2) is 6.83. The van der Waals surface area contributed by atoms with Crippen molar-refractivity contribution < 1.29 is 9.53 Å². The van der Waals surface area contributed by atoms with Crippen molar-refractivity contribution in [2.45, 2.75) is 38.3 Å². The molecule has 0 bridgehead atoms. The predicted molar refractivity (Wildman–Crippen MR) is 97.4 cm³/mol. The van der Waals surface area contributed by atoms with Gasteiger partial charge in [-0.2, -0.15) is 5.10 Å². The lowest BCUT2D eigenvalue weighted by Crippen LogP contribution is -2.26. The molecule has 0 aromatic carbocycles. The van der Waals surface area contributed by atoms with Crippen LogP contribution in [0.3, 0.4) is 0 Å². The average molecular weight is 350 g/mol. The number of carbonyl (C=O) groups is 1. The molecule has 0 aliphatic heterocycles. The third-order valence-electron chi connectivity index (χ3n) is 4.37. The molecule has 4 rings (SSSR count). The van der Waals surface area contributed by atoms with Crippen LogP contribution >= 0.6 is 0 Å². The second-order valence-electron chi connectivity index (χ2n) is 7.15. The summed E-state index contributed by atoms with van der Waals surface area (Å²) in [7, 11) is 3.47. The molecule has 6 nitrogen and oxygen atoms in total. The zero-order chi connectivity index (χ0) is 18.1. The number of aromatic nitrogens is 3. The van der Waals surface area contributed by atoms with Crippen LogP contribution in [0.5, 0.6) is 5.75 Å². The minimum Gasteiger partial charge on any atom is -0.488 e. The third-order valence-corrected chi connectivity index (χ3v) is 4.37. The van der Waals surface area contributed by atoms with Crippen molar-refractivity contribution in [3.05, 3.63) is 30.2 Å². The number of nitrogens with zero attached hydrogens (tertiary/aromatic N) is 4. The third kappa shape index (κ3) is 4.05. The van der Waals surface area contributed by atoms with E-state index >= 15 is 0 Å². The second-order valence-corrected chi connectivity index (χ2v) is 7.15. The Hall–Kier alpha value is -2.81. The van der Waals surface area contributed by atoms with Gasteiger partial charge in [0.05, 0.1) is 12.3 Å². The topological polar surface area (TPSA) is 60.2 Å². The molecule has 6 heteroatoms. The number of pyridine rings is 1. The monoisotopic (exact) mass is 350 g/mol. The van der Waals surface area contributed by atoms with Crippen molar-refractivity contribution in [2.75, 3.05) is 14.1 Å². The van der Waals surface area contributed by atoms with Crippen LogP contribution in [0, 0.1) is 17.8 Å². The number of carbonyl (C=O) groups excluding carboxylic acids is 1. The van der Waals surface area contributed by atoms with Crippen molar-refractivity contribution in [1.29, 1.82) is 0 Å². The molecule has 2 aliphatic carbocycles. The van der Waals surface area contributed by atoms with Gasteiger partial charge in [0, 0.05) is 43.5 Å². The first-order valence-corrected chi connectivity index (χ1v) is 9.00. The molecule has 2 aromatic rings. The Kier molecular flexibility index (Phi) is 4.37. The zero-order valence-corrected chi connectivity index (χ0v) is 15.1. The fourth-order valence-corrected chi connectivity index (χ4v) is 2.45. The van der Waals surface area contributed by atoms with Gasteiger partial charge >= 0.3 is 0 Å². The fourth-order valence-electron chi connectivity index (χ4n) is 2.45. The Morgan fingerprint density at radius 2 is 2.12 bits per heavy atom. The van der Waals surface area contributed by atoms with Gasteiger partial charge in [-0.3, -0.25) is 14.5 Å². The molecule has 0 N–H and O–H groups in total. The van der Waals surface area contributed by atoms with Gasteiger partial charge in [0.25, 0.3) is 0 Å². The SMILES string of the molecule is CN(C)C(=O)Cn1cc(-c2ncc(C#CC3CC3)cc2OC2CC2)cn1. The first kappa shape index (κ1) is 16.6. The van der Waals surface area contributed by atoms with E-state index in [-0.39, 0.29) is 18.6 Å². The summed E-state index contributed by atoms with van der Waals surface area (Å²) in [6.07, 6.45) is 10.2. The Labute approximate surface area is 153 Å².